The van der Waals surface area contributed by atoms with Crippen molar-refractivity contribution >= 4 is 34.5 Å². The molecule has 0 aliphatic rings. The lowest BCUT2D eigenvalue weighted by Gasteiger charge is -2.17. The van der Waals surface area contributed by atoms with Gasteiger partial charge in [-0.1, -0.05) is 296 Å². The highest BCUT2D eigenvalue weighted by Gasteiger charge is 2.25. The molecule has 8 heteroatoms. The Kier molecular flexibility index (Phi) is 31.4. The Balaban J connectivity index is 0.000000519. The Morgan fingerprint density at radius 3 is 0.764 bits per heavy atom. The van der Waals surface area contributed by atoms with E-state index >= 15 is 0 Å². The molecule has 0 saturated heterocycles. The SMILES string of the molecule is CC(C)(C)C(=O)c1ccc(F)cc1.CC(C)(C)C(=O)c1ccccc1.CC(C)(C)Cc1ccc(F)cc1.Cc1ccc(C(=O)C(C)(C)C)cc1.Cc1ccc(CC(C)(C)C)cc1.[C-]#[N+]c1ccc(C(=O)C(C)(C)C)cc1.[C-]#[N+]c1ccc(CC(C)(C)C)cc1. The van der Waals surface area contributed by atoms with Gasteiger partial charge in [0.25, 0.3) is 0 Å². The van der Waals surface area contributed by atoms with Crippen molar-refractivity contribution in [2.24, 2.45) is 37.9 Å². The molecule has 0 amide bonds. The minimum absolute atomic E-state index is 0.0347. The second-order valence-corrected chi connectivity index (χ2v) is 30.3. The van der Waals surface area contributed by atoms with Crippen LogP contribution < -0.4 is 0 Å². The molecule has 0 N–H and O–H groups in total. The predicted octanol–water partition coefficient (Wildman–Crippen LogP) is 23.5. The minimum Gasteiger partial charge on any atom is -0.294 e. The van der Waals surface area contributed by atoms with Gasteiger partial charge < -0.3 is 0 Å². The number of hydrogen-bond acceptors (Lipinski definition) is 4. The van der Waals surface area contributed by atoms with Crippen LogP contribution in [0.4, 0.5) is 20.2 Å². The van der Waals surface area contributed by atoms with Crippen LogP contribution in [0.5, 0.6) is 0 Å². The summed E-state index contributed by atoms with van der Waals surface area (Å²) in [6, 6.07) is 52.9. The summed E-state index contributed by atoms with van der Waals surface area (Å²) in [5.74, 6) is 0.0650. The Morgan fingerprint density at radius 1 is 0.303 bits per heavy atom. The van der Waals surface area contributed by atoms with Crippen molar-refractivity contribution < 1.29 is 28.0 Å². The Morgan fingerprint density at radius 2 is 0.506 bits per heavy atom. The monoisotopic (exact) mass is 1210 g/mol. The summed E-state index contributed by atoms with van der Waals surface area (Å²) in [6.07, 6.45) is 3.21. The Bertz CT molecular complexity index is 3210. The molecular formula is C81H104F2N2O4. The molecule has 0 radical (unpaired) electrons. The van der Waals surface area contributed by atoms with Gasteiger partial charge in [0.1, 0.15) is 11.6 Å². The van der Waals surface area contributed by atoms with Crippen LogP contribution in [0.3, 0.4) is 0 Å². The molecule has 0 heterocycles. The van der Waals surface area contributed by atoms with Gasteiger partial charge in [-0.3, -0.25) is 19.2 Å². The fourth-order valence-corrected chi connectivity index (χ4v) is 8.15. The van der Waals surface area contributed by atoms with Crippen LogP contribution in [0.15, 0.2) is 176 Å². The molecule has 6 nitrogen and oxygen atoms in total. The third kappa shape index (κ3) is 34.4. The number of carbonyl (C=O) groups is 4. The summed E-state index contributed by atoms with van der Waals surface area (Å²) < 4.78 is 25.1. The van der Waals surface area contributed by atoms with Crippen LogP contribution in [0, 0.1) is 76.5 Å². The molecule has 476 valence electrons. The number of benzene rings is 7. The molecule has 89 heavy (non-hydrogen) atoms. The lowest BCUT2D eigenvalue weighted by atomic mass is 9.86. The zero-order valence-corrected chi connectivity index (χ0v) is 58.1. The normalized spacial score (nSPS) is 11.3. The van der Waals surface area contributed by atoms with Crippen molar-refractivity contribution in [1.29, 1.82) is 0 Å². The van der Waals surface area contributed by atoms with Gasteiger partial charge in [0.05, 0.1) is 13.1 Å². The fourth-order valence-electron chi connectivity index (χ4n) is 8.15. The molecular weight excluding hydrogens is 1100 g/mol. The maximum Gasteiger partial charge on any atom is 0.187 e. The quantitative estimate of drug-likeness (QED) is 0.118. The number of halogens is 2. The Labute approximate surface area is 536 Å². The average molecular weight is 1210 g/mol. The smallest absolute Gasteiger partial charge is 0.187 e. The molecule has 0 fully saturated rings. The summed E-state index contributed by atoms with van der Waals surface area (Å²) in [6.45, 7) is 60.6. The number of carbonyl (C=O) groups excluding carboxylic acids is 4. The molecule has 0 aliphatic heterocycles. The van der Waals surface area contributed by atoms with Gasteiger partial charge >= 0.3 is 0 Å². The van der Waals surface area contributed by atoms with E-state index in [2.05, 4.69) is 103 Å². The molecule has 0 aliphatic carbocycles. The van der Waals surface area contributed by atoms with Crippen molar-refractivity contribution in [2.75, 3.05) is 0 Å². The van der Waals surface area contributed by atoms with E-state index in [1.165, 1.54) is 64.2 Å². The summed E-state index contributed by atoms with van der Waals surface area (Å²) in [7, 11) is 0. The van der Waals surface area contributed by atoms with E-state index in [0.29, 0.717) is 27.6 Å². The van der Waals surface area contributed by atoms with Crippen molar-refractivity contribution in [2.45, 2.75) is 179 Å². The highest BCUT2D eigenvalue weighted by molar-refractivity contribution is 6.01. The number of rotatable bonds is 7. The first-order valence-corrected chi connectivity index (χ1v) is 30.5. The van der Waals surface area contributed by atoms with E-state index in [1.807, 2.05) is 181 Å². The van der Waals surface area contributed by atoms with Gasteiger partial charge in [-0.05, 0) is 102 Å². The minimum atomic E-state index is -0.405. The first-order valence-electron chi connectivity index (χ1n) is 30.5. The standard InChI is InChI=1S/C12H13NO.C12H15N.C12H16O.C12H18.C11H13FO.C11H15F.C11H14O/c1-12(2,3)11(14)9-5-7-10(13-4)8-6-9;1-12(2,3)9-10-5-7-11(13-4)8-6-10;1-9-5-7-10(8-6-9)11(13)12(2,3)4;1-10-5-7-11(8-6-10)9-12(2,3)4;1-11(2,3)10(13)8-4-6-9(12)7-5-8;1-11(2,3)8-9-4-6-10(12)7-5-9;1-11(2,3)10(12)9-7-5-4-6-8-9/h5-8H,1-3H3;5-8H,9H2,1-3H3;5-8H,1-4H3;5-8H,9H2,1-4H3;4-7H,1-3H3;4-7H,8H2,1-3H3;4-8H,1-3H3. The van der Waals surface area contributed by atoms with Crippen molar-refractivity contribution in [3.05, 3.63) is 260 Å². The number of ketones is 4. The number of aryl methyl sites for hydroxylation is 2. The van der Waals surface area contributed by atoms with Gasteiger partial charge in [-0.2, -0.15) is 0 Å². The van der Waals surface area contributed by atoms with E-state index in [1.54, 1.807) is 24.3 Å². The van der Waals surface area contributed by atoms with E-state index in [-0.39, 0.29) is 56.4 Å². The average Bonchev–Trinajstić information content (AvgIpc) is 2.01. The molecule has 7 aromatic carbocycles. The third-order valence-corrected chi connectivity index (χ3v) is 12.7. The summed E-state index contributed by atoms with van der Waals surface area (Å²) in [5.41, 5.74) is 10.3. The van der Waals surface area contributed by atoms with E-state index in [4.69, 9.17) is 13.1 Å². The first kappa shape index (κ1) is 79.1. The van der Waals surface area contributed by atoms with Gasteiger partial charge in [0, 0.05) is 43.9 Å². The second-order valence-electron chi connectivity index (χ2n) is 30.3. The molecule has 0 atom stereocenters. The highest BCUT2D eigenvalue weighted by Crippen LogP contribution is 2.27. The second kappa shape index (κ2) is 35.3. The van der Waals surface area contributed by atoms with E-state index in [9.17, 15) is 28.0 Å². The lowest BCUT2D eigenvalue weighted by molar-refractivity contribution is 0.0852. The van der Waals surface area contributed by atoms with Crippen LogP contribution in [-0.4, -0.2) is 23.1 Å². The van der Waals surface area contributed by atoms with Crippen LogP contribution in [-0.2, 0) is 19.3 Å². The fraction of sp³-hybridized carbons (Fsp3) is 0.407. The largest absolute Gasteiger partial charge is 0.294 e. The maximum absolute atomic E-state index is 12.5. The van der Waals surface area contributed by atoms with Crippen LogP contribution >= 0.6 is 0 Å². The lowest BCUT2D eigenvalue weighted by Crippen LogP contribution is -2.19. The first-order chi connectivity index (χ1) is 40.7. The molecule has 7 rings (SSSR count). The van der Waals surface area contributed by atoms with Crippen molar-refractivity contribution in [3.63, 3.8) is 0 Å². The molecule has 0 unspecified atom stereocenters. The maximum atomic E-state index is 12.5. The topological polar surface area (TPSA) is 77.0 Å². The molecule has 0 saturated carbocycles. The molecule has 0 bridgehead atoms. The summed E-state index contributed by atoms with van der Waals surface area (Å²) in [4.78, 5) is 53.5. The van der Waals surface area contributed by atoms with Crippen molar-refractivity contribution in [1.82, 2.24) is 0 Å². The summed E-state index contributed by atoms with van der Waals surface area (Å²) in [5, 5.41) is 0. The third-order valence-electron chi connectivity index (χ3n) is 12.7. The van der Waals surface area contributed by atoms with Gasteiger partial charge in [-0.15, -0.1) is 0 Å². The van der Waals surface area contributed by atoms with Gasteiger partial charge in [-0.25, -0.2) is 18.5 Å². The van der Waals surface area contributed by atoms with Crippen molar-refractivity contribution in [3.8, 4) is 0 Å². The number of Topliss-reactive ketones (excluding diaryl/α,β-unsaturated/α-hetero) is 4. The molecule has 7 aromatic rings. The van der Waals surface area contributed by atoms with E-state index < -0.39 is 5.41 Å². The number of nitrogens with zero attached hydrogens (tertiary/aromatic N) is 2. The molecule has 0 spiro atoms. The van der Waals surface area contributed by atoms with Gasteiger partial charge in [0.15, 0.2) is 34.5 Å². The highest BCUT2D eigenvalue weighted by atomic mass is 19.1. The molecule has 0 aromatic heterocycles. The zero-order valence-electron chi connectivity index (χ0n) is 58.1. The summed E-state index contributed by atoms with van der Waals surface area (Å²) >= 11 is 0. The number of hydrogen-bond donors (Lipinski definition) is 0. The Hall–Kier alpha value is -7.94. The van der Waals surface area contributed by atoms with Crippen LogP contribution in [0.25, 0.3) is 9.69 Å². The van der Waals surface area contributed by atoms with Gasteiger partial charge in [0.2, 0.25) is 0 Å². The van der Waals surface area contributed by atoms with E-state index in [0.717, 1.165) is 36.1 Å². The van der Waals surface area contributed by atoms with Crippen LogP contribution in [0.1, 0.15) is 215 Å². The predicted molar refractivity (Wildman–Crippen MR) is 372 cm³/mol. The zero-order chi connectivity index (χ0) is 68.4. The van der Waals surface area contributed by atoms with Crippen LogP contribution in [0.2, 0.25) is 0 Å².